The van der Waals surface area contributed by atoms with Gasteiger partial charge in [0.15, 0.2) is 0 Å². The number of ether oxygens (including phenoxy) is 1. The van der Waals surface area contributed by atoms with E-state index in [0.29, 0.717) is 10.9 Å². The number of rotatable bonds is 4. The molecule has 1 aromatic rings. The van der Waals surface area contributed by atoms with E-state index in [4.69, 9.17) is 21.4 Å². The van der Waals surface area contributed by atoms with Crippen LogP contribution in [0.2, 0.25) is 5.02 Å². The number of aromatic carboxylic acids is 1. The third-order valence-electron chi connectivity index (χ3n) is 3.55. The molecule has 1 saturated heterocycles. The Morgan fingerprint density at radius 2 is 2.16 bits per heavy atom. The van der Waals surface area contributed by atoms with Crippen molar-refractivity contribution in [3.63, 3.8) is 0 Å². The Kier molecular flexibility index (Phi) is 4.66. The fourth-order valence-electron chi connectivity index (χ4n) is 2.47. The van der Waals surface area contributed by atoms with Crippen LogP contribution in [0.25, 0.3) is 0 Å². The molecule has 1 aliphatic rings. The van der Waals surface area contributed by atoms with Crippen LogP contribution in [0.15, 0.2) is 18.2 Å². The van der Waals surface area contributed by atoms with Crippen molar-refractivity contribution in [1.29, 1.82) is 0 Å². The van der Waals surface area contributed by atoms with Gasteiger partial charge in [-0.3, -0.25) is 0 Å². The van der Waals surface area contributed by atoms with Crippen LogP contribution in [-0.4, -0.2) is 37.9 Å². The molecule has 0 amide bonds. The highest BCUT2D eigenvalue weighted by Gasteiger charge is 2.21. The molecule has 0 radical (unpaired) electrons. The number of hydrogen-bond acceptors (Lipinski definition) is 3. The molecule has 0 unspecified atom stereocenters. The lowest BCUT2D eigenvalue weighted by molar-refractivity contribution is 0.0697. The number of hydrogen-bond donors (Lipinski definition) is 1. The minimum Gasteiger partial charge on any atom is -0.478 e. The molecule has 0 saturated carbocycles. The average molecular weight is 284 g/mol. The van der Waals surface area contributed by atoms with Crippen LogP contribution in [-0.2, 0) is 4.74 Å². The van der Waals surface area contributed by atoms with E-state index in [2.05, 4.69) is 4.90 Å². The highest BCUT2D eigenvalue weighted by Crippen LogP contribution is 2.30. The molecule has 0 aliphatic carbocycles. The van der Waals surface area contributed by atoms with Gasteiger partial charge in [0.2, 0.25) is 0 Å². The fourth-order valence-corrected chi connectivity index (χ4v) is 2.77. The number of carbonyl (C=O) groups is 1. The minimum absolute atomic E-state index is 0.225. The molecule has 19 heavy (non-hydrogen) atoms. The normalized spacial score (nSPS) is 16.6. The van der Waals surface area contributed by atoms with Crippen LogP contribution < -0.4 is 4.90 Å². The molecule has 1 heterocycles. The van der Waals surface area contributed by atoms with Gasteiger partial charge in [0.25, 0.3) is 0 Å². The lowest BCUT2D eigenvalue weighted by Gasteiger charge is -2.33. The van der Waals surface area contributed by atoms with E-state index in [9.17, 15) is 4.79 Å². The standard InChI is InChI=1S/C14H18ClNO3/c1-19-9-10-4-6-16(7-5-10)13-3-2-11(14(17)18)8-12(13)15/h2-3,8,10H,4-7,9H2,1H3,(H,17,18). The number of nitrogens with zero attached hydrogens (tertiary/aromatic N) is 1. The number of carboxylic acids is 1. The van der Waals surface area contributed by atoms with Crippen molar-refractivity contribution in [3.8, 4) is 0 Å². The summed E-state index contributed by atoms with van der Waals surface area (Å²) in [5.74, 6) is -0.342. The van der Waals surface area contributed by atoms with Gasteiger partial charge in [-0.1, -0.05) is 11.6 Å². The Hall–Kier alpha value is -1.26. The number of halogens is 1. The maximum Gasteiger partial charge on any atom is 0.335 e. The van der Waals surface area contributed by atoms with Crippen LogP contribution >= 0.6 is 11.6 Å². The lowest BCUT2D eigenvalue weighted by atomic mass is 9.97. The molecule has 1 aliphatic heterocycles. The summed E-state index contributed by atoms with van der Waals surface area (Å²) in [6.07, 6.45) is 2.15. The summed E-state index contributed by atoms with van der Waals surface area (Å²) in [6, 6.07) is 4.91. The largest absolute Gasteiger partial charge is 0.478 e. The molecule has 2 rings (SSSR count). The molecule has 1 aromatic carbocycles. The second-order valence-electron chi connectivity index (χ2n) is 4.86. The van der Waals surface area contributed by atoms with Gasteiger partial charge >= 0.3 is 5.97 Å². The van der Waals surface area contributed by atoms with Gasteiger partial charge in [0.05, 0.1) is 16.3 Å². The average Bonchev–Trinajstić information content (AvgIpc) is 2.40. The van der Waals surface area contributed by atoms with Gasteiger partial charge in [-0.15, -0.1) is 0 Å². The molecule has 5 heteroatoms. The van der Waals surface area contributed by atoms with Gasteiger partial charge in [0.1, 0.15) is 0 Å². The highest BCUT2D eigenvalue weighted by atomic mass is 35.5. The Morgan fingerprint density at radius 1 is 1.47 bits per heavy atom. The van der Waals surface area contributed by atoms with Crippen molar-refractivity contribution >= 4 is 23.3 Å². The second-order valence-corrected chi connectivity index (χ2v) is 5.26. The number of methoxy groups -OCH3 is 1. The molecule has 1 N–H and O–H groups in total. The molecular weight excluding hydrogens is 266 g/mol. The maximum atomic E-state index is 10.9. The van der Waals surface area contributed by atoms with E-state index in [1.807, 2.05) is 0 Å². The monoisotopic (exact) mass is 283 g/mol. The molecule has 1 fully saturated rings. The van der Waals surface area contributed by atoms with Gasteiger partial charge in [-0.25, -0.2) is 4.79 Å². The zero-order chi connectivity index (χ0) is 13.8. The molecule has 0 spiro atoms. The molecule has 0 atom stereocenters. The van der Waals surface area contributed by atoms with Crippen molar-refractivity contribution < 1.29 is 14.6 Å². The Morgan fingerprint density at radius 3 is 2.68 bits per heavy atom. The third-order valence-corrected chi connectivity index (χ3v) is 3.85. The predicted octanol–water partition coefficient (Wildman–Crippen LogP) is 2.90. The van der Waals surface area contributed by atoms with E-state index in [-0.39, 0.29) is 5.56 Å². The quantitative estimate of drug-likeness (QED) is 0.923. The fraction of sp³-hybridized carbons (Fsp3) is 0.500. The second kappa shape index (κ2) is 6.26. The van der Waals surface area contributed by atoms with Crippen LogP contribution in [0.4, 0.5) is 5.69 Å². The Labute approximate surface area is 117 Å². The number of benzene rings is 1. The third kappa shape index (κ3) is 3.39. The first-order valence-electron chi connectivity index (χ1n) is 6.38. The van der Waals surface area contributed by atoms with Crippen molar-refractivity contribution in [2.45, 2.75) is 12.8 Å². The molecule has 104 valence electrons. The number of piperidine rings is 1. The van der Waals surface area contributed by atoms with Crippen molar-refractivity contribution in [2.24, 2.45) is 5.92 Å². The van der Waals surface area contributed by atoms with E-state index in [0.717, 1.165) is 38.2 Å². The number of anilines is 1. The first-order valence-corrected chi connectivity index (χ1v) is 6.76. The van der Waals surface area contributed by atoms with E-state index >= 15 is 0 Å². The van der Waals surface area contributed by atoms with Crippen LogP contribution in [0, 0.1) is 5.92 Å². The molecule has 4 nitrogen and oxygen atoms in total. The van der Waals surface area contributed by atoms with E-state index in [1.165, 1.54) is 6.07 Å². The van der Waals surface area contributed by atoms with Crippen molar-refractivity contribution in [2.75, 3.05) is 31.7 Å². The van der Waals surface area contributed by atoms with Crippen LogP contribution in [0.3, 0.4) is 0 Å². The topological polar surface area (TPSA) is 49.8 Å². The van der Waals surface area contributed by atoms with E-state index in [1.54, 1.807) is 19.2 Å². The summed E-state index contributed by atoms with van der Waals surface area (Å²) in [7, 11) is 1.73. The Bertz CT molecular complexity index is 456. The SMILES string of the molecule is COCC1CCN(c2ccc(C(=O)O)cc2Cl)CC1. The van der Waals surface area contributed by atoms with Gasteiger partial charge in [-0.2, -0.15) is 0 Å². The van der Waals surface area contributed by atoms with Crippen molar-refractivity contribution in [1.82, 2.24) is 0 Å². The van der Waals surface area contributed by atoms with E-state index < -0.39 is 5.97 Å². The summed E-state index contributed by atoms with van der Waals surface area (Å²) >= 11 is 6.17. The van der Waals surface area contributed by atoms with Crippen LogP contribution in [0.5, 0.6) is 0 Å². The smallest absolute Gasteiger partial charge is 0.335 e. The molecule has 0 bridgehead atoms. The van der Waals surface area contributed by atoms with Crippen molar-refractivity contribution in [3.05, 3.63) is 28.8 Å². The molecule has 0 aromatic heterocycles. The first kappa shape index (κ1) is 14.2. The van der Waals surface area contributed by atoms with Gasteiger partial charge < -0.3 is 14.7 Å². The minimum atomic E-state index is -0.952. The summed E-state index contributed by atoms with van der Waals surface area (Å²) in [5, 5.41) is 9.42. The van der Waals surface area contributed by atoms with Crippen LogP contribution in [0.1, 0.15) is 23.2 Å². The lowest BCUT2D eigenvalue weighted by Crippen LogP contribution is -2.35. The number of carboxylic acid groups (broad SMARTS) is 1. The predicted molar refractivity (Wildman–Crippen MR) is 75.2 cm³/mol. The maximum absolute atomic E-state index is 10.9. The summed E-state index contributed by atoms with van der Waals surface area (Å²) in [6.45, 7) is 2.67. The Balaban J connectivity index is 2.05. The summed E-state index contributed by atoms with van der Waals surface area (Å²) < 4.78 is 5.18. The highest BCUT2D eigenvalue weighted by molar-refractivity contribution is 6.33. The van der Waals surface area contributed by atoms with Gasteiger partial charge in [0, 0.05) is 26.8 Å². The first-order chi connectivity index (χ1) is 9.11. The zero-order valence-corrected chi connectivity index (χ0v) is 11.7. The summed E-state index contributed by atoms with van der Waals surface area (Å²) in [4.78, 5) is 13.1. The van der Waals surface area contributed by atoms with Gasteiger partial charge in [-0.05, 0) is 37.0 Å². The summed E-state index contributed by atoms with van der Waals surface area (Å²) in [5.41, 5.74) is 1.14. The molecular formula is C14H18ClNO3. The zero-order valence-electron chi connectivity index (χ0n) is 10.9.